The summed E-state index contributed by atoms with van der Waals surface area (Å²) >= 11 is 0. The summed E-state index contributed by atoms with van der Waals surface area (Å²) in [4.78, 5) is 19.2. The van der Waals surface area contributed by atoms with Gasteiger partial charge in [0.25, 0.3) is 5.91 Å². The molecule has 2 aliphatic heterocycles. The highest BCUT2D eigenvalue weighted by Gasteiger charge is 2.39. The van der Waals surface area contributed by atoms with Crippen molar-refractivity contribution >= 4 is 30.7 Å². The van der Waals surface area contributed by atoms with Gasteiger partial charge in [0.15, 0.2) is 0 Å². The highest BCUT2D eigenvalue weighted by molar-refractivity contribution is 5.95. The fourth-order valence-corrected chi connectivity index (χ4v) is 5.40. The van der Waals surface area contributed by atoms with Gasteiger partial charge in [0, 0.05) is 64.5 Å². The lowest BCUT2D eigenvalue weighted by Gasteiger charge is -2.43. The molecule has 0 spiro atoms. The summed E-state index contributed by atoms with van der Waals surface area (Å²) < 4.78 is 106. The Labute approximate surface area is 264 Å². The second kappa shape index (κ2) is 15.9. The molecule has 0 bridgehead atoms. The van der Waals surface area contributed by atoms with Gasteiger partial charge in [0.2, 0.25) is 0 Å². The molecule has 2 fully saturated rings. The average Bonchev–Trinajstić information content (AvgIpc) is 2.93. The highest BCUT2D eigenvalue weighted by Crippen LogP contribution is 2.37. The van der Waals surface area contributed by atoms with Crippen LogP contribution in [0.2, 0.25) is 0 Å². The smallest absolute Gasteiger partial charge is 0.382 e. The SMILES string of the molecule is COC[C@@H]1CN(CCN2CCN(C(=O)c3cc(C(F)(F)F)cc(C(F)(F)F)c3)[C@H](Cc3ccc(C)c(F)c3)C2)CCO1.Cl.Cl. The van der Waals surface area contributed by atoms with E-state index < -0.39 is 46.8 Å². The van der Waals surface area contributed by atoms with Gasteiger partial charge in [0.1, 0.15) is 5.82 Å². The van der Waals surface area contributed by atoms with Gasteiger partial charge in [-0.25, -0.2) is 4.39 Å². The fourth-order valence-electron chi connectivity index (χ4n) is 5.40. The number of morpholine rings is 1. The van der Waals surface area contributed by atoms with Gasteiger partial charge in [-0.3, -0.25) is 14.6 Å². The van der Waals surface area contributed by atoms with Crippen LogP contribution in [-0.4, -0.2) is 98.9 Å². The number of ether oxygens (including phenoxy) is 2. The summed E-state index contributed by atoms with van der Waals surface area (Å²) in [6.45, 7) is 6.18. The summed E-state index contributed by atoms with van der Waals surface area (Å²) in [7, 11) is 1.60. The molecule has 248 valence electrons. The quantitative estimate of drug-likeness (QED) is 0.334. The molecule has 0 N–H and O–H groups in total. The van der Waals surface area contributed by atoms with E-state index in [-0.39, 0.29) is 49.9 Å². The van der Waals surface area contributed by atoms with E-state index in [1.54, 1.807) is 26.2 Å². The molecule has 44 heavy (non-hydrogen) atoms. The van der Waals surface area contributed by atoms with E-state index in [2.05, 4.69) is 9.80 Å². The van der Waals surface area contributed by atoms with Crippen molar-refractivity contribution in [2.75, 3.05) is 66.1 Å². The van der Waals surface area contributed by atoms with E-state index in [4.69, 9.17) is 9.47 Å². The number of rotatable bonds is 8. The molecule has 0 unspecified atom stereocenters. The number of hydrogen-bond donors (Lipinski definition) is 0. The average molecular weight is 679 g/mol. The number of methoxy groups -OCH3 is 1. The number of carbonyl (C=O) groups is 1. The van der Waals surface area contributed by atoms with Crippen molar-refractivity contribution in [1.82, 2.24) is 14.7 Å². The van der Waals surface area contributed by atoms with Crippen LogP contribution in [0, 0.1) is 12.7 Å². The zero-order valence-corrected chi connectivity index (χ0v) is 25.9. The summed E-state index contributed by atoms with van der Waals surface area (Å²) in [5.41, 5.74) is -2.79. The first-order valence-electron chi connectivity index (χ1n) is 13.7. The molecule has 0 aliphatic carbocycles. The van der Waals surface area contributed by atoms with Crippen LogP contribution >= 0.6 is 24.8 Å². The van der Waals surface area contributed by atoms with Crippen molar-refractivity contribution < 1.29 is 45.0 Å². The number of alkyl halides is 6. The molecule has 2 aliphatic rings. The van der Waals surface area contributed by atoms with E-state index >= 15 is 0 Å². The third-order valence-electron chi connectivity index (χ3n) is 7.68. The number of halogens is 9. The van der Waals surface area contributed by atoms with Crippen LogP contribution in [-0.2, 0) is 28.2 Å². The van der Waals surface area contributed by atoms with Gasteiger partial charge in [-0.15, -0.1) is 24.8 Å². The van der Waals surface area contributed by atoms with Crippen LogP contribution in [0.15, 0.2) is 36.4 Å². The van der Waals surface area contributed by atoms with E-state index in [9.17, 15) is 35.5 Å². The molecule has 0 radical (unpaired) electrons. The van der Waals surface area contributed by atoms with E-state index in [1.165, 1.54) is 11.0 Å². The van der Waals surface area contributed by atoms with Crippen LogP contribution < -0.4 is 0 Å². The van der Waals surface area contributed by atoms with Crippen LogP contribution in [0.3, 0.4) is 0 Å². The zero-order chi connectivity index (χ0) is 30.7. The second-order valence-corrected chi connectivity index (χ2v) is 10.8. The fraction of sp³-hybridized carbons (Fsp3) is 0.552. The number of nitrogens with zero attached hydrogens (tertiary/aromatic N) is 3. The van der Waals surface area contributed by atoms with Crippen molar-refractivity contribution in [2.45, 2.75) is 37.8 Å². The monoisotopic (exact) mass is 677 g/mol. The molecule has 1 amide bonds. The molecule has 6 nitrogen and oxygen atoms in total. The molecule has 0 saturated carbocycles. The lowest BCUT2D eigenvalue weighted by atomic mass is 9.98. The third kappa shape index (κ3) is 9.92. The minimum absolute atomic E-state index is 0. The summed E-state index contributed by atoms with van der Waals surface area (Å²) in [6, 6.07) is 4.95. The summed E-state index contributed by atoms with van der Waals surface area (Å²) in [5.74, 6) is -1.37. The molecular formula is C29H36Cl2F7N3O3. The summed E-state index contributed by atoms with van der Waals surface area (Å²) in [5, 5.41) is 0. The maximum absolute atomic E-state index is 14.3. The first-order valence-corrected chi connectivity index (χ1v) is 13.7. The van der Waals surface area contributed by atoms with Crippen molar-refractivity contribution in [3.63, 3.8) is 0 Å². The van der Waals surface area contributed by atoms with Crippen LogP contribution in [0.25, 0.3) is 0 Å². The Morgan fingerprint density at radius 2 is 1.52 bits per heavy atom. The van der Waals surface area contributed by atoms with Gasteiger partial charge in [0.05, 0.1) is 30.4 Å². The number of hydrogen-bond acceptors (Lipinski definition) is 5. The Morgan fingerprint density at radius 3 is 2.09 bits per heavy atom. The molecule has 2 heterocycles. The van der Waals surface area contributed by atoms with Gasteiger partial charge in [-0.05, 0) is 48.7 Å². The second-order valence-electron chi connectivity index (χ2n) is 10.8. The van der Waals surface area contributed by atoms with Crippen LogP contribution in [0.1, 0.15) is 32.6 Å². The van der Waals surface area contributed by atoms with Crippen molar-refractivity contribution in [2.24, 2.45) is 0 Å². The largest absolute Gasteiger partial charge is 0.416 e. The van der Waals surface area contributed by atoms with E-state index in [0.717, 1.165) is 6.54 Å². The molecule has 2 saturated heterocycles. The molecular weight excluding hydrogens is 642 g/mol. The Kier molecular flexibility index (Phi) is 13.7. The molecule has 2 aromatic rings. The Bertz CT molecular complexity index is 1220. The maximum Gasteiger partial charge on any atom is 0.416 e. The highest BCUT2D eigenvalue weighted by atomic mass is 35.5. The molecule has 4 rings (SSSR count). The van der Waals surface area contributed by atoms with Crippen LogP contribution in [0.5, 0.6) is 0 Å². The van der Waals surface area contributed by atoms with Crippen molar-refractivity contribution in [1.29, 1.82) is 0 Å². The third-order valence-corrected chi connectivity index (χ3v) is 7.68. The standard InChI is InChI=1S/C29H34F7N3O3.2ClH/c1-19-3-4-20(12-26(19)30)11-24-16-37(5-6-38-9-10-42-25(17-38)18-41-2)7-8-39(24)27(40)21-13-22(28(31,32)33)15-23(14-21)29(34,35)36;;/h3-4,12-15,24-25H,5-11,16-18H2,1-2H3;2*1H/t24-,25+;;/m1../s1. The van der Waals surface area contributed by atoms with Crippen LogP contribution in [0.4, 0.5) is 30.7 Å². The Balaban J connectivity index is 0.00000337. The normalized spacial score (nSPS) is 20.2. The Morgan fingerprint density at radius 1 is 0.909 bits per heavy atom. The predicted molar refractivity (Wildman–Crippen MR) is 155 cm³/mol. The lowest BCUT2D eigenvalue weighted by Crippen LogP contribution is -2.57. The number of amides is 1. The minimum Gasteiger partial charge on any atom is -0.382 e. The van der Waals surface area contributed by atoms with Crippen molar-refractivity contribution in [3.05, 3.63) is 70.0 Å². The zero-order valence-electron chi connectivity index (χ0n) is 24.2. The molecule has 0 aromatic heterocycles. The first kappa shape index (κ1) is 38.0. The molecule has 15 heteroatoms. The predicted octanol–water partition coefficient (Wildman–Crippen LogP) is 5.73. The van der Waals surface area contributed by atoms with Gasteiger partial charge < -0.3 is 14.4 Å². The number of benzene rings is 2. The molecule has 2 atom stereocenters. The Hall–Kier alpha value is -2.16. The van der Waals surface area contributed by atoms with Gasteiger partial charge in [-0.1, -0.05) is 12.1 Å². The van der Waals surface area contributed by atoms with Gasteiger partial charge in [-0.2, -0.15) is 26.3 Å². The maximum atomic E-state index is 14.3. The van der Waals surface area contributed by atoms with Crippen molar-refractivity contribution in [3.8, 4) is 0 Å². The first-order chi connectivity index (χ1) is 19.7. The molecule has 2 aromatic carbocycles. The number of aryl methyl sites for hydroxylation is 1. The van der Waals surface area contributed by atoms with E-state index in [0.29, 0.717) is 69.2 Å². The minimum atomic E-state index is -5.07. The summed E-state index contributed by atoms with van der Waals surface area (Å²) in [6.07, 6.45) is -10.0. The topological polar surface area (TPSA) is 45.2 Å². The number of carbonyl (C=O) groups excluding carboxylic acids is 1. The lowest BCUT2D eigenvalue weighted by molar-refractivity contribution is -0.143. The van der Waals surface area contributed by atoms with E-state index in [1.807, 2.05) is 0 Å². The number of piperazine rings is 1. The van der Waals surface area contributed by atoms with Gasteiger partial charge >= 0.3 is 12.4 Å².